The van der Waals surface area contributed by atoms with Crippen molar-refractivity contribution in [2.75, 3.05) is 6.61 Å². The Morgan fingerprint density at radius 1 is 1.29 bits per heavy atom. The van der Waals surface area contributed by atoms with Gasteiger partial charge in [-0.15, -0.1) is 11.3 Å². The number of amides is 1. The third kappa shape index (κ3) is 3.95. The van der Waals surface area contributed by atoms with Crippen LogP contribution in [0.2, 0.25) is 0 Å². The fourth-order valence-electron chi connectivity index (χ4n) is 4.81. The van der Waals surface area contributed by atoms with Crippen LogP contribution < -0.4 is 0 Å². The lowest BCUT2D eigenvalue weighted by Gasteiger charge is -2.31. The largest absolute Gasteiger partial charge is 0.272 e. The van der Waals surface area contributed by atoms with E-state index in [9.17, 15) is 4.79 Å². The molecule has 1 saturated heterocycles. The van der Waals surface area contributed by atoms with Gasteiger partial charge in [-0.1, -0.05) is 0 Å². The van der Waals surface area contributed by atoms with E-state index in [1.165, 1.54) is 0 Å². The molecule has 3 heterocycles. The lowest BCUT2D eigenvalue weighted by atomic mass is 9.81. The third-order valence-corrected chi connectivity index (χ3v) is 7.29. The summed E-state index contributed by atoms with van der Waals surface area (Å²) in [4.78, 5) is 23.5. The molecule has 3 aromatic rings. The summed E-state index contributed by atoms with van der Waals surface area (Å²) in [6, 6.07) is 7.82. The summed E-state index contributed by atoms with van der Waals surface area (Å²) in [6.07, 6.45) is 6.40. The summed E-state index contributed by atoms with van der Waals surface area (Å²) in [5, 5.41) is 19.3. The smallest absolute Gasteiger partial charge is 0.249 e. The Morgan fingerprint density at radius 3 is 2.87 bits per heavy atom. The number of aryl methyl sites for hydroxylation is 1. The first-order valence-electron chi connectivity index (χ1n) is 10.9. The van der Waals surface area contributed by atoms with E-state index in [1.807, 2.05) is 41.4 Å². The molecule has 2 aliphatic rings. The maximum absolute atomic E-state index is 13.2. The molecule has 160 valence electrons. The molecule has 31 heavy (non-hydrogen) atoms. The van der Waals surface area contributed by atoms with E-state index in [4.69, 9.17) is 10.1 Å². The van der Waals surface area contributed by atoms with E-state index in [-0.39, 0.29) is 17.9 Å². The molecule has 1 saturated carbocycles. The zero-order chi connectivity index (χ0) is 21.4. The first kappa shape index (κ1) is 20.2. The van der Waals surface area contributed by atoms with E-state index < -0.39 is 0 Å². The fraction of sp³-hybridized carbons (Fsp3) is 0.478. The van der Waals surface area contributed by atoms with Crippen LogP contribution in [0.3, 0.4) is 0 Å². The number of aromatic nitrogens is 3. The Morgan fingerprint density at radius 2 is 2.13 bits per heavy atom. The minimum absolute atomic E-state index is 0.0177. The first-order chi connectivity index (χ1) is 15.1. The molecule has 1 aromatic carbocycles. The lowest BCUT2D eigenvalue weighted by molar-refractivity contribution is -0.183. The quantitative estimate of drug-likeness (QED) is 0.607. The van der Waals surface area contributed by atoms with Gasteiger partial charge in [-0.3, -0.25) is 14.3 Å². The van der Waals surface area contributed by atoms with E-state index >= 15 is 0 Å². The highest BCUT2D eigenvalue weighted by molar-refractivity contribution is 7.09. The number of hydroxylamine groups is 2. The molecule has 0 spiro atoms. The van der Waals surface area contributed by atoms with Gasteiger partial charge >= 0.3 is 0 Å². The second-order valence-corrected chi connectivity index (χ2v) is 9.59. The number of hydrogen-bond acceptors (Lipinski definition) is 6. The zero-order valence-corrected chi connectivity index (χ0v) is 18.3. The van der Waals surface area contributed by atoms with Crippen LogP contribution in [0.25, 0.3) is 10.9 Å². The van der Waals surface area contributed by atoms with E-state index in [1.54, 1.807) is 16.4 Å². The van der Waals surface area contributed by atoms with Crippen LogP contribution in [0.15, 0.2) is 29.8 Å². The van der Waals surface area contributed by atoms with Crippen molar-refractivity contribution in [1.82, 2.24) is 19.8 Å². The molecule has 0 bridgehead atoms. The standard InChI is InChI=1S/C23H25N5O2S/c1-15-26-20(14-31-15)22-8-9-30-28(22)23(29)18-5-2-16(3-6-18)13-27-21-7-4-17(11-24)10-19(21)12-25-27/h4,7,10,12,14,16,18,22H,2-3,5-6,8-9,13H2,1H3/t16-,18-,22-/m0/s1. The summed E-state index contributed by atoms with van der Waals surface area (Å²) in [5.74, 6) is 0.628. The van der Waals surface area contributed by atoms with Gasteiger partial charge in [-0.2, -0.15) is 10.4 Å². The van der Waals surface area contributed by atoms with Gasteiger partial charge in [0.2, 0.25) is 5.91 Å². The molecule has 0 N–H and O–H groups in total. The molecule has 0 unspecified atom stereocenters. The van der Waals surface area contributed by atoms with Crippen molar-refractivity contribution in [2.45, 2.75) is 51.6 Å². The minimum atomic E-state index is -0.0519. The molecule has 1 aliphatic heterocycles. The van der Waals surface area contributed by atoms with E-state index in [0.717, 1.165) is 60.3 Å². The summed E-state index contributed by atoms with van der Waals surface area (Å²) < 4.78 is 2.04. The molecule has 8 heteroatoms. The van der Waals surface area contributed by atoms with Crippen molar-refractivity contribution in [1.29, 1.82) is 5.26 Å². The van der Waals surface area contributed by atoms with Crippen molar-refractivity contribution in [3.8, 4) is 6.07 Å². The zero-order valence-electron chi connectivity index (χ0n) is 17.5. The Balaban J connectivity index is 1.20. The Bertz CT molecular complexity index is 1140. The normalized spacial score (nSPS) is 23.9. The highest BCUT2D eigenvalue weighted by Gasteiger charge is 2.38. The molecule has 5 rings (SSSR count). The lowest BCUT2D eigenvalue weighted by Crippen LogP contribution is -2.37. The predicted octanol–water partition coefficient (Wildman–Crippen LogP) is 4.38. The molecule has 1 aliphatic carbocycles. The molecule has 7 nitrogen and oxygen atoms in total. The SMILES string of the molecule is Cc1nc([C@@H]2CCON2C(=O)[C@H]2CC[C@H](Cn3ncc4cc(C#N)ccc43)CC2)cs1. The molecule has 2 aromatic heterocycles. The number of carbonyl (C=O) groups excluding carboxylic acids is 1. The number of rotatable bonds is 4. The molecular formula is C23H25N5O2S. The van der Waals surface area contributed by atoms with Crippen LogP contribution in [0.5, 0.6) is 0 Å². The maximum Gasteiger partial charge on any atom is 0.249 e. The van der Waals surface area contributed by atoms with Crippen LogP contribution in [-0.2, 0) is 16.2 Å². The summed E-state index contributed by atoms with van der Waals surface area (Å²) in [6.45, 7) is 3.40. The van der Waals surface area contributed by atoms with Crippen LogP contribution in [0, 0.1) is 30.1 Å². The fourth-order valence-corrected chi connectivity index (χ4v) is 5.47. The van der Waals surface area contributed by atoms with E-state index in [2.05, 4.69) is 16.2 Å². The molecule has 1 atom stereocenters. The Hall–Kier alpha value is -2.76. The number of hydrogen-bond donors (Lipinski definition) is 0. The predicted molar refractivity (Wildman–Crippen MR) is 117 cm³/mol. The van der Waals surface area contributed by atoms with Gasteiger partial charge in [0.1, 0.15) is 6.04 Å². The van der Waals surface area contributed by atoms with Crippen LogP contribution in [0.1, 0.15) is 54.4 Å². The van der Waals surface area contributed by atoms with Gasteiger partial charge in [-0.05, 0) is 56.7 Å². The van der Waals surface area contributed by atoms with Crippen molar-refractivity contribution in [3.63, 3.8) is 0 Å². The third-order valence-electron chi connectivity index (χ3n) is 6.50. The maximum atomic E-state index is 13.2. The van der Waals surface area contributed by atoms with Gasteiger partial charge in [0.05, 0.1) is 40.7 Å². The number of thiazole rings is 1. The summed E-state index contributed by atoms with van der Waals surface area (Å²) in [5.41, 5.74) is 2.66. The van der Waals surface area contributed by atoms with Crippen molar-refractivity contribution in [2.24, 2.45) is 11.8 Å². The van der Waals surface area contributed by atoms with Gasteiger partial charge in [0.15, 0.2) is 0 Å². The number of fused-ring (bicyclic) bond motifs is 1. The second-order valence-electron chi connectivity index (χ2n) is 8.52. The second kappa shape index (κ2) is 8.40. The topological polar surface area (TPSA) is 84.0 Å². The monoisotopic (exact) mass is 435 g/mol. The number of nitrogens with zero attached hydrogens (tertiary/aromatic N) is 5. The first-order valence-corrected chi connectivity index (χ1v) is 11.7. The average Bonchev–Trinajstić information content (AvgIpc) is 3.53. The number of nitriles is 1. The van der Waals surface area contributed by atoms with Crippen LogP contribution in [0.4, 0.5) is 0 Å². The number of carbonyl (C=O) groups is 1. The minimum Gasteiger partial charge on any atom is -0.272 e. The summed E-state index contributed by atoms with van der Waals surface area (Å²) in [7, 11) is 0. The van der Waals surface area contributed by atoms with E-state index in [0.29, 0.717) is 18.1 Å². The average molecular weight is 436 g/mol. The molecular weight excluding hydrogens is 410 g/mol. The summed E-state index contributed by atoms with van der Waals surface area (Å²) >= 11 is 1.62. The Kier molecular flexibility index (Phi) is 5.47. The van der Waals surface area contributed by atoms with Crippen molar-refractivity contribution in [3.05, 3.63) is 46.0 Å². The van der Waals surface area contributed by atoms with Gasteiger partial charge < -0.3 is 0 Å². The highest BCUT2D eigenvalue weighted by Crippen LogP contribution is 2.37. The van der Waals surface area contributed by atoms with Gasteiger partial charge in [0.25, 0.3) is 0 Å². The van der Waals surface area contributed by atoms with Crippen LogP contribution in [-0.4, -0.2) is 32.3 Å². The van der Waals surface area contributed by atoms with Crippen molar-refractivity contribution < 1.29 is 9.63 Å². The number of benzene rings is 1. The Labute approximate surface area is 185 Å². The molecule has 1 amide bonds. The van der Waals surface area contributed by atoms with Gasteiger partial charge in [0, 0.05) is 29.6 Å². The molecule has 0 radical (unpaired) electrons. The highest BCUT2D eigenvalue weighted by atomic mass is 32.1. The molecule has 2 fully saturated rings. The van der Waals surface area contributed by atoms with Crippen molar-refractivity contribution >= 4 is 28.1 Å². The van der Waals surface area contributed by atoms with Crippen LogP contribution >= 0.6 is 11.3 Å². The van der Waals surface area contributed by atoms with Gasteiger partial charge in [-0.25, -0.2) is 10.0 Å².